The molecule has 4 aromatic rings. The Morgan fingerprint density at radius 1 is 0.581 bits per heavy atom. The maximum atomic E-state index is 2.38. The maximum absolute atomic E-state index is 2.38. The van der Waals surface area contributed by atoms with Crippen molar-refractivity contribution in [2.24, 2.45) is 0 Å². The van der Waals surface area contributed by atoms with Crippen molar-refractivity contribution in [3.63, 3.8) is 0 Å². The van der Waals surface area contributed by atoms with E-state index in [1.807, 2.05) is 0 Å². The largest absolute Gasteiger partial charge is 0.354 e. The Morgan fingerprint density at radius 3 is 1.77 bits per heavy atom. The summed E-state index contributed by atoms with van der Waals surface area (Å²) in [6, 6.07) is 41.4. The Kier molecular flexibility index (Phi) is 5.82. The summed E-state index contributed by atoms with van der Waals surface area (Å²) < 4.78 is 0. The molecule has 0 aromatic heterocycles. The zero-order chi connectivity index (χ0) is 20.9. The smallest absolute Gasteiger partial charge is 0.0945 e. The number of hydrogen-bond acceptors (Lipinski definition) is 2. The molecule has 3 heteroatoms. The second-order valence-corrected chi connectivity index (χ2v) is 9.81. The van der Waals surface area contributed by atoms with Crippen molar-refractivity contribution in [3.05, 3.63) is 133 Å². The summed E-state index contributed by atoms with van der Waals surface area (Å²) >= 11 is 0. The van der Waals surface area contributed by atoms with E-state index in [-0.39, 0.29) is 0 Å². The van der Waals surface area contributed by atoms with Gasteiger partial charge in [-0.2, -0.15) is 0 Å². The molecule has 0 N–H and O–H groups in total. The molecule has 0 atom stereocenters. The molecule has 0 aliphatic carbocycles. The van der Waals surface area contributed by atoms with Crippen LogP contribution in [-0.4, -0.2) is 11.6 Å². The van der Waals surface area contributed by atoms with Crippen molar-refractivity contribution in [3.8, 4) is 0 Å². The van der Waals surface area contributed by atoms with Gasteiger partial charge in [0.1, 0.15) is 0 Å². The van der Waals surface area contributed by atoms with Gasteiger partial charge >= 0.3 is 0 Å². The van der Waals surface area contributed by atoms with E-state index < -0.39 is 7.92 Å². The van der Waals surface area contributed by atoms with Crippen LogP contribution in [0.3, 0.4) is 0 Å². The topological polar surface area (TPSA) is 6.48 Å². The molecule has 0 saturated carbocycles. The summed E-state index contributed by atoms with van der Waals surface area (Å²) in [6.07, 6.45) is 4.38. The minimum atomic E-state index is -0.606. The monoisotopic (exact) mass is 420 g/mol. The Labute approximate surface area is 185 Å². The molecule has 0 saturated heterocycles. The zero-order valence-electron chi connectivity index (χ0n) is 17.4. The van der Waals surface area contributed by atoms with Gasteiger partial charge in [0.25, 0.3) is 0 Å². The van der Waals surface area contributed by atoms with Gasteiger partial charge in [0.15, 0.2) is 0 Å². The van der Waals surface area contributed by atoms with Gasteiger partial charge in [-0.15, -0.1) is 0 Å². The van der Waals surface area contributed by atoms with Crippen LogP contribution in [0.1, 0.15) is 5.56 Å². The number of rotatable bonds is 6. The zero-order valence-corrected chi connectivity index (χ0v) is 18.3. The predicted octanol–water partition coefficient (Wildman–Crippen LogP) is 5.20. The average molecular weight is 420 g/mol. The normalized spacial score (nSPS) is 13.2. The molecular formula is C28H25N2P. The lowest BCUT2D eigenvalue weighted by molar-refractivity contribution is 0.401. The molecule has 1 aliphatic heterocycles. The minimum absolute atomic E-state index is 0.606. The van der Waals surface area contributed by atoms with Crippen LogP contribution in [0.5, 0.6) is 0 Å². The predicted molar refractivity (Wildman–Crippen MR) is 134 cm³/mol. The molecular weight excluding hydrogens is 395 g/mol. The Hall–Kier alpha value is -3.35. The van der Waals surface area contributed by atoms with E-state index in [1.165, 1.54) is 27.2 Å². The molecule has 4 aromatic carbocycles. The summed E-state index contributed by atoms with van der Waals surface area (Å²) in [5.74, 6) is 0. The summed E-state index contributed by atoms with van der Waals surface area (Å²) in [6.45, 7) is 1.77. The lowest BCUT2D eigenvalue weighted by Gasteiger charge is -2.26. The van der Waals surface area contributed by atoms with Crippen LogP contribution in [0, 0.1) is 0 Å². The average Bonchev–Trinajstić information content (AvgIpc) is 3.31. The third-order valence-corrected chi connectivity index (χ3v) is 8.06. The first kappa shape index (κ1) is 19.6. The van der Waals surface area contributed by atoms with Gasteiger partial charge < -0.3 is 9.80 Å². The fourth-order valence-electron chi connectivity index (χ4n) is 4.02. The van der Waals surface area contributed by atoms with Crippen LogP contribution >= 0.6 is 7.92 Å². The van der Waals surface area contributed by atoms with Crippen LogP contribution in [0.25, 0.3) is 0 Å². The van der Waals surface area contributed by atoms with E-state index in [4.69, 9.17) is 0 Å². The second kappa shape index (κ2) is 9.20. The standard InChI is InChI=1S/C28H25N2P/c1-4-13-25(14-5-1)30-21-20-29(23-30)22-24-12-10-11-19-28(24)31(26-15-6-2-7-16-26)27-17-8-3-9-18-27/h1-21H,22-23H2. The van der Waals surface area contributed by atoms with Crippen LogP contribution in [0.15, 0.2) is 128 Å². The highest BCUT2D eigenvalue weighted by molar-refractivity contribution is 7.79. The van der Waals surface area contributed by atoms with E-state index in [2.05, 4.69) is 137 Å². The van der Waals surface area contributed by atoms with Gasteiger partial charge in [-0.05, 0) is 41.5 Å². The minimum Gasteiger partial charge on any atom is -0.354 e. The summed E-state index contributed by atoms with van der Waals surface area (Å²) in [5, 5.41) is 4.21. The van der Waals surface area contributed by atoms with Crippen molar-refractivity contribution in [2.75, 3.05) is 11.6 Å². The molecule has 0 amide bonds. The second-order valence-electron chi connectivity index (χ2n) is 7.63. The first-order valence-corrected chi connectivity index (χ1v) is 11.9. The van der Waals surface area contributed by atoms with Crippen LogP contribution in [0.2, 0.25) is 0 Å². The molecule has 5 rings (SSSR count). The molecule has 1 heterocycles. The van der Waals surface area contributed by atoms with E-state index in [1.54, 1.807) is 0 Å². The fraction of sp³-hybridized carbons (Fsp3) is 0.0714. The molecule has 0 unspecified atom stereocenters. The fourth-order valence-corrected chi connectivity index (χ4v) is 6.48. The summed E-state index contributed by atoms with van der Waals surface area (Å²) in [5.41, 5.74) is 2.62. The highest BCUT2D eigenvalue weighted by Crippen LogP contribution is 2.34. The highest BCUT2D eigenvalue weighted by atomic mass is 31.1. The summed E-state index contributed by atoms with van der Waals surface area (Å²) in [7, 11) is -0.606. The number of nitrogens with zero attached hydrogens (tertiary/aromatic N) is 2. The first-order chi connectivity index (χ1) is 15.4. The molecule has 0 bridgehead atoms. The Balaban J connectivity index is 1.45. The van der Waals surface area contributed by atoms with Crippen molar-refractivity contribution >= 4 is 29.5 Å². The molecule has 2 nitrogen and oxygen atoms in total. The van der Waals surface area contributed by atoms with Crippen molar-refractivity contribution in [2.45, 2.75) is 6.54 Å². The quantitative estimate of drug-likeness (QED) is 0.396. The summed E-state index contributed by atoms with van der Waals surface area (Å²) in [4.78, 5) is 4.68. The SMILES string of the molecule is C1=CN(c2ccccc2)CN1Cc1ccccc1P(c1ccccc1)c1ccccc1. The molecule has 31 heavy (non-hydrogen) atoms. The molecule has 0 spiro atoms. The number of para-hydroxylation sites is 1. The molecule has 0 radical (unpaired) electrons. The van der Waals surface area contributed by atoms with Crippen molar-refractivity contribution < 1.29 is 0 Å². The number of anilines is 1. The maximum Gasteiger partial charge on any atom is 0.0945 e. The van der Waals surface area contributed by atoms with Crippen LogP contribution < -0.4 is 20.8 Å². The number of benzene rings is 4. The lowest BCUT2D eigenvalue weighted by Crippen LogP contribution is -2.28. The van der Waals surface area contributed by atoms with E-state index >= 15 is 0 Å². The first-order valence-electron chi connectivity index (χ1n) is 10.6. The van der Waals surface area contributed by atoms with Crippen LogP contribution in [-0.2, 0) is 6.54 Å². The van der Waals surface area contributed by atoms with Gasteiger partial charge in [-0.1, -0.05) is 103 Å². The van der Waals surface area contributed by atoms with Gasteiger partial charge in [-0.25, -0.2) is 0 Å². The highest BCUT2D eigenvalue weighted by Gasteiger charge is 2.21. The third kappa shape index (κ3) is 4.40. The molecule has 0 fully saturated rings. The Bertz CT molecular complexity index is 1100. The molecule has 1 aliphatic rings. The lowest BCUT2D eigenvalue weighted by atomic mass is 10.2. The van der Waals surface area contributed by atoms with Crippen molar-refractivity contribution in [1.29, 1.82) is 0 Å². The van der Waals surface area contributed by atoms with E-state index in [0.29, 0.717) is 0 Å². The van der Waals surface area contributed by atoms with Crippen LogP contribution in [0.4, 0.5) is 5.69 Å². The van der Waals surface area contributed by atoms with Gasteiger partial charge in [0.2, 0.25) is 0 Å². The third-order valence-electron chi connectivity index (χ3n) is 5.51. The molecule has 152 valence electrons. The van der Waals surface area contributed by atoms with E-state index in [0.717, 1.165) is 13.2 Å². The van der Waals surface area contributed by atoms with Gasteiger partial charge in [0.05, 0.1) is 6.67 Å². The van der Waals surface area contributed by atoms with Gasteiger partial charge in [-0.3, -0.25) is 0 Å². The van der Waals surface area contributed by atoms with Gasteiger partial charge in [0, 0.05) is 24.6 Å². The number of hydrogen-bond donors (Lipinski definition) is 0. The van der Waals surface area contributed by atoms with E-state index in [9.17, 15) is 0 Å². The Morgan fingerprint density at radius 2 is 1.13 bits per heavy atom. The van der Waals surface area contributed by atoms with Crippen molar-refractivity contribution in [1.82, 2.24) is 4.90 Å².